The predicted octanol–water partition coefficient (Wildman–Crippen LogP) is 8.71. The summed E-state index contributed by atoms with van der Waals surface area (Å²) in [5.41, 5.74) is 15.1. The molecule has 2 N–H and O–H groups in total. The maximum absolute atomic E-state index is 7.07. The highest BCUT2D eigenvalue weighted by atomic mass is 31.1. The Balaban J connectivity index is 1.31. The molecule has 52 heavy (non-hydrogen) atoms. The van der Waals surface area contributed by atoms with Crippen LogP contribution in [0.2, 0.25) is 0 Å². The number of benzene rings is 6. The molecule has 6 aromatic rings. The quantitative estimate of drug-likeness (QED) is 0.136. The number of nitrogens with two attached hydrogens (primary N) is 1. The third-order valence-corrected chi connectivity index (χ3v) is 15.7. The van der Waals surface area contributed by atoms with E-state index in [9.17, 15) is 0 Å². The molecular formula is C48H52N2P2. The van der Waals surface area contributed by atoms with Crippen molar-refractivity contribution in [3.8, 4) is 0 Å². The van der Waals surface area contributed by atoms with Crippen molar-refractivity contribution >= 4 is 47.7 Å². The van der Waals surface area contributed by atoms with Crippen LogP contribution in [0, 0.1) is 27.7 Å². The van der Waals surface area contributed by atoms with Crippen LogP contribution in [0.1, 0.15) is 59.1 Å². The van der Waals surface area contributed by atoms with E-state index in [0.717, 1.165) is 25.9 Å². The van der Waals surface area contributed by atoms with Gasteiger partial charge in [-0.2, -0.15) is 0 Å². The Labute approximate surface area is 314 Å². The molecule has 0 saturated heterocycles. The molecule has 0 radical (unpaired) electrons. The molecule has 2 atom stereocenters. The Morgan fingerprint density at radius 3 is 1.13 bits per heavy atom. The lowest BCUT2D eigenvalue weighted by Gasteiger charge is -2.39. The first-order valence-electron chi connectivity index (χ1n) is 18.9. The SMILES string of the molecule is Cc1ccc(P(c2ccc(C)cc2)c2ccccc2CN(Cc2ccccc2P(c2ccc(C)cc2)c2ccc(C)cc2)[C@@H]2CCCC[C@H]2N)cc1. The van der Waals surface area contributed by atoms with Crippen LogP contribution in [0.15, 0.2) is 146 Å². The average molecular weight is 719 g/mol. The smallest absolute Gasteiger partial charge is 0.0254 e. The maximum atomic E-state index is 7.07. The van der Waals surface area contributed by atoms with Gasteiger partial charge in [-0.15, -0.1) is 0 Å². The fourth-order valence-corrected chi connectivity index (χ4v) is 12.5. The van der Waals surface area contributed by atoms with Crippen LogP contribution in [-0.2, 0) is 13.1 Å². The van der Waals surface area contributed by atoms with E-state index >= 15 is 0 Å². The van der Waals surface area contributed by atoms with Gasteiger partial charge < -0.3 is 5.73 Å². The third kappa shape index (κ3) is 8.49. The fourth-order valence-electron chi connectivity index (χ4n) is 7.68. The minimum absolute atomic E-state index is 0.166. The van der Waals surface area contributed by atoms with Gasteiger partial charge in [0, 0.05) is 25.2 Å². The molecule has 0 amide bonds. The van der Waals surface area contributed by atoms with E-state index in [2.05, 4.69) is 178 Å². The van der Waals surface area contributed by atoms with Crippen molar-refractivity contribution in [1.29, 1.82) is 0 Å². The summed E-state index contributed by atoms with van der Waals surface area (Å²) in [4.78, 5) is 2.75. The van der Waals surface area contributed by atoms with E-state index in [-0.39, 0.29) is 6.04 Å². The lowest BCUT2D eigenvalue weighted by molar-refractivity contribution is 0.122. The molecule has 2 nitrogen and oxygen atoms in total. The second-order valence-electron chi connectivity index (χ2n) is 14.7. The third-order valence-electron chi connectivity index (χ3n) is 10.6. The largest absolute Gasteiger partial charge is 0.326 e. The molecule has 7 rings (SSSR count). The molecule has 0 bridgehead atoms. The van der Waals surface area contributed by atoms with Gasteiger partial charge in [-0.1, -0.05) is 181 Å². The van der Waals surface area contributed by atoms with Crippen molar-refractivity contribution < 1.29 is 0 Å². The van der Waals surface area contributed by atoms with E-state index in [1.807, 2.05) is 0 Å². The number of nitrogens with zero attached hydrogens (tertiary/aromatic N) is 1. The zero-order chi connectivity index (χ0) is 36.0. The number of hydrogen-bond donors (Lipinski definition) is 1. The molecule has 264 valence electrons. The fraction of sp³-hybridized carbons (Fsp3) is 0.250. The second-order valence-corrected chi connectivity index (χ2v) is 19.1. The van der Waals surface area contributed by atoms with Crippen LogP contribution < -0.4 is 37.6 Å². The number of rotatable bonds is 11. The standard InChI is InChI=1S/C48H52N2P2/c1-35-17-25-41(26-18-35)51(42-27-19-36(2)20-28-42)47-15-9-5-11-39(47)33-50(46-14-8-7-13-45(46)49)34-40-12-6-10-16-48(40)52(43-29-21-37(3)22-30-43)44-31-23-38(4)24-32-44/h5-6,9-12,15-32,45-46H,7-8,13-14,33-34,49H2,1-4H3/t45-,46-/m1/s1. The van der Waals surface area contributed by atoms with E-state index in [4.69, 9.17) is 5.73 Å². The van der Waals surface area contributed by atoms with Crippen LogP contribution in [0.25, 0.3) is 0 Å². The maximum Gasteiger partial charge on any atom is 0.0254 e. The lowest BCUT2D eigenvalue weighted by Crippen LogP contribution is -2.49. The summed E-state index contributed by atoms with van der Waals surface area (Å²) >= 11 is 0. The van der Waals surface area contributed by atoms with E-state index in [1.165, 1.54) is 78.0 Å². The zero-order valence-electron chi connectivity index (χ0n) is 31.2. The van der Waals surface area contributed by atoms with Gasteiger partial charge in [0.25, 0.3) is 0 Å². The normalized spacial score (nSPS) is 16.2. The van der Waals surface area contributed by atoms with Crippen molar-refractivity contribution in [3.05, 3.63) is 179 Å². The van der Waals surface area contributed by atoms with Crippen LogP contribution in [0.4, 0.5) is 0 Å². The summed E-state index contributed by atoms with van der Waals surface area (Å²) in [6.07, 6.45) is 4.68. The van der Waals surface area contributed by atoms with Gasteiger partial charge in [0.15, 0.2) is 0 Å². The summed E-state index contributed by atoms with van der Waals surface area (Å²) in [5, 5.41) is 8.45. The van der Waals surface area contributed by atoms with Crippen molar-refractivity contribution in [3.63, 3.8) is 0 Å². The minimum atomic E-state index is -0.747. The molecular weight excluding hydrogens is 666 g/mol. The second kappa shape index (κ2) is 16.8. The molecule has 1 aliphatic carbocycles. The van der Waals surface area contributed by atoms with E-state index in [1.54, 1.807) is 0 Å². The van der Waals surface area contributed by atoms with Gasteiger partial charge in [-0.05, 0) is 99.3 Å². The first kappa shape index (κ1) is 36.5. The molecule has 4 heteroatoms. The van der Waals surface area contributed by atoms with Gasteiger partial charge in [0.1, 0.15) is 0 Å². The zero-order valence-corrected chi connectivity index (χ0v) is 33.0. The molecule has 0 aliphatic heterocycles. The number of hydrogen-bond acceptors (Lipinski definition) is 2. The summed E-state index contributed by atoms with van der Waals surface area (Å²) in [5.74, 6) is 0. The highest BCUT2D eigenvalue weighted by Crippen LogP contribution is 2.37. The van der Waals surface area contributed by atoms with Crippen LogP contribution in [0.5, 0.6) is 0 Å². The van der Waals surface area contributed by atoms with Crippen LogP contribution in [0.3, 0.4) is 0 Å². The topological polar surface area (TPSA) is 29.3 Å². The highest BCUT2D eigenvalue weighted by Gasteiger charge is 2.31. The van der Waals surface area contributed by atoms with Crippen molar-refractivity contribution in [1.82, 2.24) is 4.90 Å². The number of aryl methyl sites for hydroxylation is 4. The van der Waals surface area contributed by atoms with Gasteiger partial charge in [0.05, 0.1) is 0 Å². The summed E-state index contributed by atoms with van der Waals surface area (Å²) in [6, 6.07) is 55.9. The Morgan fingerprint density at radius 2 is 0.788 bits per heavy atom. The molecule has 0 heterocycles. The predicted molar refractivity (Wildman–Crippen MR) is 229 cm³/mol. The van der Waals surface area contributed by atoms with Crippen LogP contribution >= 0.6 is 15.8 Å². The highest BCUT2D eigenvalue weighted by molar-refractivity contribution is 7.80. The lowest BCUT2D eigenvalue weighted by atomic mass is 9.89. The summed E-state index contributed by atoms with van der Waals surface area (Å²) in [6.45, 7) is 10.5. The molecule has 0 unspecified atom stereocenters. The average Bonchev–Trinajstić information content (AvgIpc) is 3.16. The minimum Gasteiger partial charge on any atom is -0.326 e. The van der Waals surface area contributed by atoms with Gasteiger partial charge in [-0.25, -0.2) is 0 Å². The van der Waals surface area contributed by atoms with Gasteiger partial charge in [-0.3, -0.25) is 4.90 Å². The molecule has 0 spiro atoms. The van der Waals surface area contributed by atoms with Crippen molar-refractivity contribution in [2.45, 2.75) is 78.6 Å². The van der Waals surface area contributed by atoms with Crippen molar-refractivity contribution in [2.75, 3.05) is 0 Å². The summed E-state index contributed by atoms with van der Waals surface area (Å²) < 4.78 is 0. The van der Waals surface area contributed by atoms with E-state index < -0.39 is 15.8 Å². The van der Waals surface area contributed by atoms with Gasteiger partial charge >= 0.3 is 0 Å². The Bertz CT molecular complexity index is 1820. The first-order chi connectivity index (χ1) is 25.3. The Hall–Kier alpha value is -3.90. The Morgan fingerprint density at radius 1 is 0.462 bits per heavy atom. The molecule has 1 saturated carbocycles. The molecule has 1 fully saturated rings. The van der Waals surface area contributed by atoms with E-state index in [0.29, 0.717) is 6.04 Å². The van der Waals surface area contributed by atoms with Crippen LogP contribution in [-0.4, -0.2) is 17.0 Å². The molecule has 1 aliphatic rings. The molecule has 6 aromatic carbocycles. The first-order valence-corrected chi connectivity index (χ1v) is 21.5. The Kier molecular flexibility index (Phi) is 11.8. The molecule has 0 aromatic heterocycles. The summed E-state index contributed by atoms with van der Waals surface area (Å²) in [7, 11) is -1.49. The monoisotopic (exact) mass is 718 g/mol. The van der Waals surface area contributed by atoms with Crippen molar-refractivity contribution in [2.24, 2.45) is 5.73 Å². The van der Waals surface area contributed by atoms with Gasteiger partial charge in [0.2, 0.25) is 0 Å².